The summed E-state index contributed by atoms with van der Waals surface area (Å²) >= 11 is 0. The van der Waals surface area contributed by atoms with Gasteiger partial charge in [-0.25, -0.2) is 4.79 Å². The number of aromatic carboxylic acids is 1. The topological polar surface area (TPSA) is 57.6 Å². The first-order valence-electron chi connectivity index (χ1n) is 7.78. The normalized spacial score (nSPS) is 30.0. The van der Waals surface area contributed by atoms with E-state index in [0.29, 0.717) is 12.3 Å². The molecule has 2 bridgehead atoms. The average molecular weight is 285 g/mol. The standard InChI is InChI=1S/C17H19NO3/c19-16-8-13-7-12(17(20)21)3-4-15(13)18(16)9-14-6-10-1-2-11(14)5-10/h3-4,7,10-11,14H,1-2,5-6,8-9H2,(H,20,21). The molecule has 110 valence electrons. The molecule has 0 aromatic heterocycles. The Morgan fingerprint density at radius 1 is 1.29 bits per heavy atom. The van der Waals surface area contributed by atoms with Gasteiger partial charge in [0.05, 0.1) is 12.0 Å². The number of carboxylic acid groups (broad SMARTS) is 1. The van der Waals surface area contributed by atoms with E-state index < -0.39 is 5.97 Å². The maximum absolute atomic E-state index is 12.3. The highest BCUT2D eigenvalue weighted by molar-refractivity contribution is 6.02. The average Bonchev–Trinajstić information content (AvgIpc) is 3.13. The first-order valence-corrected chi connectivity index (χ1v) is 7.78. The van der Waals surface area contributed by atoms with Crippen LogP contribution in [0.15, 0.2) is 18.2 Å². The molecule has 4 rings (SSSR count). The predicted molar refractivity (Wildman–Crippen MR) is 78.4 cm³/mol. The van der Waals surface area contributed by atoms with E-state index in [1.165, 1.54) is 25.7 Å². The second-order valence-corrected chi connectivity index (χ2v) is 6.76. The molecule has 0 saturated heterocycles. The minimum absolute atomic E-state index is 0.121. The third-order valence-electron chi connectivity index (χ3n) is 5.56. The second kappa shape index (κ2) is 4.58. The van der Waals surface area contributed by atoms with Crippen molar-refractivity contribution < 1.29 is 14.7 Å². The molecule has 1 heterocycles. The zero-order chi connectivity index (χ0) is 14.6. The van der Waals surface area contributed by atoms with Crippen LogP contribution in [0.1, 0.15) is 41.6 Å². The lowest BCUT2D eigenvalue weighted by atomic mass is 9.88. The fourth-order valence-corrected chi connectivity index (χ4v) is 4.55. The summed E-state index contributed by atoms with van der Waals surface area (Å²) in [7, 11) is 0. The molecule has 0 radical (unpaired) electrons. The van der Waals surface area contributed by atoms with Crippen LogP contribution in [0.5, 0.6) is 0 Å². The van der Waals surface area contributed by atoms with E-state index in [0.717, 1.165) is 29.6 Å². The van der Waals surface area contributed by atoms with E-state index in [2.05, 4.69) is 0 Å². The highest BCUT2D eigenvalue weighted by Crippen LogP contribution is 2.49. The van der Waals surface area contributed by atoms with Gasteiger partial charge >= 0.3 is 5.97 Å². The summed E-state index contributed by atoms with van der Waals surface area (Å²) in [4.78, 5) is 25.2. The smallest absolute Gasteiger partial charge is 0.335 e. The van der Waals surface area contributed by atoms with Crippen molar-refractivity contribution in [2.75, 3.05) is 11.4 Å². The van der Waals surface area contributed by atoms with Crippen LogP contribution in [0.3, 0.4) is 0 Å². The summed E-state index contributed by atoms with van der Waals surface area (Å²) in [5, 5.41) is 9.05. The van der Waals surface area contributed by atoms with Gasteiger partial charge in [0.25, 0.3) is 0 Å². The van der Waals surface area contributed by atoms with Crippen LogP contribution in [0.25, 0.3) is 0 Å². The van der Waals surface area contributed by atoms with E-state index in [-0.39, 0.29) is 11.5 Å². The molecule has 2 aliphatic carbocycles. The quantitative estimate of drug-likeness (QED) is 0.929. The number of carboxylic acids is 1. The van der Waals surface area contributed by atoms with Gasteiger partial charge in [0.2, 0.25) is 5.91 Å². The van der Waals surface area contributed by atoms with Crippen LogP contribution in [0.2, 0.25) is 0 Å². The van der Waals surface area contributed by atoms with E-state index >= 15 is 0 Å². The minimum Gasteiger partial charge on any atom is -0.478 e. The summed E-state index contributed by atoms with van der Waals surface area (Å²) in [5.74, 6) is 1.50. The molecule has 2 fully saturated rings. The molecule has 21 heavy (non-hydrogen) atoms. The molecule has 3 unspecified atom stereocenters. The Morgan fingerprint density at radius 3 is 2.81 bits per heavy atom. The molecule has 3 aliphatic rings. The largest absolute Gasteiger partial charge is 0.478 e. The van der Waals surface area contributed by atoms with Crippen LogP contribution in [0.4, 0.5) is 5.69 Å². The van der Waals surface area contributed by atoms with E-state index in [9.17, 15) is 9.59 Å². The summed E-state index contributed by atoms with van der Waals surface area (Å²) < 4.78 is 0. The second-order valence-electron chi connectivity index (χ2n) is 6.76. The molecule has 1 aromatic rings. The fraction of sp³-hybridized carbons (Fsp3) is 0.529. The number of hydrogen-bond donors (Lipinski definition) is 1. The number of carbonyl (C=O) groups is 2. The van der Waals surface area contributed by atoms with Crippen molar-refractivity contribution in [2.45, 2.75) is 32.1 Å². The van der Waals surface area contributed by atoms with Crippen molar-refractivity contribution in [1.29, 1.82) is 0 Å². The van der Waals surface area contributed by atoms with Crippen LogP contribution in [-0.4, -0.2) is 23.5 Å². The third kappa shape index (κ3) is 2.04. The Hall–Kier alpha value is -1.84. The number of nitrogens with zero attached hydrogens (tertiary/aromatic N) is 1. The van der Waals surface area contributed by atoms with Gasteiger partial charge in [-0.3, -0.25) is 4.79 Å². The highest BCUT2D eigenvalue weighted by Gasteiger charge is 2.41. The number of carbonyl (C=O) groups excluding carboxylic acids is 1. The SMILES string of the molecule is O=C(O)c1ccc2c(c1)CC(=O)N2CC1CC2CCC1C2. The van der Waals surface area contributed by atoms with Gasteiger partial charge in [-0.05, 0) is 60.8 Å². The van der Waals surface area contributed by atoms with E-state index in [1.54, 1.807) is 18.2 Å². The van der Waals surface area contributed by atoms with Crippen molar-refractivity contribution >= 4 is 17.6 Å². The van der Waals surface area contributed by atoms with Gasteiger partial charge in [-0.1, -0.05) is 6.42 Å². The number of amides is 1. The van der Waals surface area contributed by atoms with Gasteiger partial charge in [-0.15, -0.1) is 0 Å². The third-order valence-corrected chi connectivity index (χ3v) is 5.56. The van der Waals surface area contributed by atoms with Gasteiger partial charge in [0.15, 0.2) is 0 Å². The van der Waals surface area contributed by atoms with Crippen LogP contribution >= 0.6 is 0 Å². The van der Waals surface area contributed by atoms with Gasteiger partial charge in [-0.2, -0.15) is 0 Å². The zero-order valence-electron chi connectivity index (χ0n) is 11.9. The van der Waals surface area contributed by atoms with Crippen molar-refractivity contribution in [3.05, 3.63) is 29.3 Å². The lowest BCUT2D eigenvalue weighted by Crippen LogP contribution is -2.34. The summed E-state index contributed by atoms with van der Waals surface area (Å²) in [6.45, 7) is 0.819. The maximum atomic E-state index is 12.3. The van der Waals surface area contributed by atoms with Gasteiger partial charge in [0, 0.05) is 12.2 Å². The fourth-order valence-electron chi connectivity index (χ4n) is 4.55. The Labute approximate surface area is 123 Å². The van der Waals surface area contributed by atoms with Crippen molar-refractivity contribution in [1.82, 2.24) is 0 Å². The molecule has 1 amide bonds. The lowest BCUT2D eigenvalue weighted by Gasteiger charge is -2.27. The van der Waals surface area contributed by atoms with Crippen molar-refractivity contribution in [2.24, 2.45) is 17.8 Å². The summed E-state index contributed by atoms with van der Waals surface area (Å²) in [5.41, 5.74) is 2.05. The predicted octanol–water partition coefficient (Wildman–Crippen LogP) is 2.71. The molecule has 4 nitrogen and oxygen atoms in total. The first kappa shape index (κ1) is 12.9. The number of rotatable bonds is 3. The molecular formula is C17H19NO3. The van der Waals surface area contributed by atoms with Gasteiger partial charge < -0.3 is 10.0 Å². The minimum atomic E-state index is -0.934. The number of anilines is 1. The molecule has 3 atom stereocenters. The Morgan fingerprint density at radius 2 is 2.14 bits per heavy atom. The summed E-state index contributed by atoms with van der Waals surface area (Å²) in [6.07, 6.45) is 5.64. The van der Waals surface area contributed by atoms with Gasteiger partial charge in [0.1, 0.15) is 0 Å². The summed E-state index contributed by atoms with van der Waals surface area (Å²) in [6, 6.07) is 5.06. The Kier molecular flexibility index (Phi) is 2.81. The maximum Gasteiger partial charge on any atom is 0.335 e. The van der Waals surface area contributed by atoms with E-state index in [4.69, 9.17) is 5.11 Å². The number of fused-ring (bicyclic) bond motifs is 3. The number of hydrogen-bond acceptors (Lipinski definition) is 2. The van der Waals surface area contributed by atoms with Crippen molar-refractivity contribution in [3.8, 4) is 0 Å². The Bertz CT molecular complexity index is 624. The monoisotopic (exact) mass is 285 g/mol. The van der Waals surface area contributed by atoms with E-state index in [1.807, 2.05) is 4.90 Å². The first-order chi connectivity index (χ1) is 10.1. The van der Waals surface area contributed by atoms with Crippen molar-refractivity contribution in [3.63, 3.8) is 0 Å². The molecular weight excluding hydrogens is 266 g/mol. The van der Waals surface area contributed by atoms with Crippen LogP contribution < -0.4 is 4.90 Å². The zero-order valence-corrected chi connectivity index (χ0v) is 11.9. The highest BCUT2D eigenvalue weighted by atomic mass is 16.4. The molecule has 1 N–H and O–H groups in total. The molecule has 4 heteroatoms. The molecule has 2 saturated carbocycles. The molecule has 1 aliphatic heterocycles. The van der Waals surface area contributed by atoms with Crippen LogP contribution in [0, 0.1) is 17.8 Å². The van der Waals surface area contributed by atoms with Crippen LogP contribution in [-0.2, 0) is 11.2 Å². The number of benzene rings is 1. The molecule has 1 aromatic carbocycles. The lowest BCUT2D eigenvalue weighted by molar-refractivity contribution is -0.117. The molecule has 0 spiro atoms. The Balaban J connectivity index is 1.57.